The van der Waals surface area contributed by atoms with Crippen molar-refractivity contribution in [2.45, 2.75) is 44.4 Å². The van der Waals surface area contributed by atoms with Crippen LogP contribution in [0.15, 0.2) is 12.4 Å². The Morgan fingerprint density at radius 1 is 1.31 bits per heavy atom. The molecule has 2 saturated heterocycles. The fourth-order valence-electron chi connectivity index (χ4n) is 4.94. The van der Waals surface area contributed by atoms with E-state index in [1.807, 2.05) is 9.80 Å². The van der Waals surface area contributed by atoms with Gasteiger partial charge in [-0.2, -0.15) is 13.2 Å². The number of alkyl halides is 3. The highest BCUT2D eigenvalue weighted by Crippen LogP contribution is 2.52. The summed E-state index contributed by atoms with van der Waals surface area (Å²) >= 11 is 0. The molecule has 0 radical (unpaired) electrons. The molecule has 2 aliphatic heterocycles. The van der Waals surface area contributed by atoms with Crippen LogP contribution in [-0.4, -0.2) is 52.5 Å². The average Bonchev–Trinajstić information content (AvgIpc) is 3.10. The number of aromatic nitrogens is 2. The van der Waals surface area contributed by atoms with Crippen molar-refractivity contribution < 1.29 is 18.0 Å². The van der Waals surface area contributed by atoms with Gasteiger partial charge in [0.05, 0.1) is 11.5 Å². The molecule has 4 atom stereocenters. The number of nitrogens with zero attached hydrogens (tertiary/aromatic N) is 4. The van der Waals surface area contributed by atoms with Gasteiger partial charge in [0.25, 0.3) is 0 Å². The molecule has 1 spiro atoms. The summed E-state index contributed by atoms with van der Waals surface area (Å²) in [5.41, 5.74) is 4.73. The summed E-state index contributed by atoms with van der Waals surface area (Å²) in [4.78, 5) is 24.1. The van der Waals surface area contributed by atoms with E-state index in [1.165, 1.54) is 0 Å². The summed E-state index contributed by atoms with van der Waals surface area (Å²) in [6, 6.07) is 1.01. The first-order valence-corrected chi connectivity index (χ1v) is 8.93. The highest BCUT2D eigenvalue weighted by atomic mass is 19.4. The number of carbonyl (C=O) groups is 1. The monoisotopic (exact) mass is 369 g/mol. The molecule has 4 rings (SSSR count). The van der Waals surface area contributed by atoms with E-state index in [2.05, 4.69) is 16.9 Å². The molecule has 9 heteroatoms. The molecule has 3 fully saturated rings. The van der Waals surface area contributed by atoms with Gasteiger partial charge in [0.15, 0.2) is 0 Å². The van der Waals surface area contributed by atoms with Crippen molar-refractivity contribution in [3.05, 3.63) is 18.1 Å². The fraction of sp³-hybridized carbons (Fsp3) is 0.706. The Morgan fingerprint density at radius 2 is 2.08 bits per heavy atom. The molecule has 1 aromatic heterocycles. The zero-order valence-corrected chi connectivity index (χ0v) is 14.5. The lowest BCUT2D eigenvalue weighted by molar-refractivity contribution is -0.141. The smallest absolute Gasteiger partial charge is 0.353 e. The van der Waals surface area contributed by atoms with Gasteiger partial charge in [0.1, 0.15) is 17.8 Å². The topological polar surface area (TPSA) is 75.4 Å². The number of piperazine rings is 1. The zero-order valence-electron chi connectivity index (χ0n) is 14.5. The number of anilines is 1. The Balaban J connectivity index is 1.58. The third-order valence-corrected chi connectivity index (χ3v) is 6.41. The quantitative estimate of drug-likeness (QED) is 0.815. The minimum atomic E-state index is -4.50. The summed E-state index contributed by atoms with van der Waals surface area (Å²) in [6.07, 6.45) is -1.20. The largest absolute Gasteiger partial charge is 0.433 e. The second-order valence-corrected chi connectivity index (χ2v) is 7.72. The van der Waals surface area contributed by atoms with Crippen LogP contribution in [0.2, 0.25) is 0 Å². The molecule has 3 heterocycles. The first kappa shape index (κ1) is 17.5. The molecule has 0 bridgehead atoms. The van der Waals surface area contributed by atoms with Crippen molar-refractivity contribution in [3.8, 4) is 0 Å². The Hall–Kier alpha value is -1.90. The highest BCUT2D eigenvalue weighted by Gasteiger charge is 2.60. The normalized spacial score (nSPS) is 34.7. The van der Waals surface area contributed by atoms with E-state index in [0.717, 1.165) is 25.2 Å². The lowest BCUT2D eigenvalue weighted by atomic mass is 9.74. The number of rotatable bonds is 1. The van der Waals surface area contributed by atoms with Crippen LogP contribution in [-0.2, 0) is 11.0 Å². The number of carbonyl (C=O) groups excluding carboxylic acids is 1. The maximum Gasteiger partial charge on any atom is 0.433 e. The standard InChI is InChI=1S/C17H22F3N5O/c1-10-12-8-24(14-6-13(17(18,19)20)22-9-23-14)4-5-25(12)15(26)16(10)3-2-11(21)7-16/h6,9-12H,2-5,7-8,21H2,1H3/t10?,11-,12?,16+/m1/s1. The first-order valence-electron chi connectivity index (χ1n) is 8.93. The van der Waals surface area contributed by atoms with E-state index in [1.54, 1.807) is 0 Å². The molecule has 26 heavy (non-hydrogen) atoms. The Kier molecular flexibility index (Phi) is 3.91. The van der Waals surface area contributed by atoms with Gasteiger partial charge in [0.2, 0.25) is 5.91 Å². The van der Waals surface area contributed by atoms with Crippen LogP contribution in [0.1, 0.15) is 31.9 Å². The van der Waals surface area contributed by atoms with Crippen molar-refractivity contribution in [1.29, 1.82) is 0 Å². The van der Waals surface area contributed by atoms with Crippen molar-refractivity contribution >= 4 is 11.7 Å². The molecule has 1 aromatic rings. The van der Waals surface area contributed by atoms with Crippen LogP contribution in [0, 0.1) is 11.3 Å². The number of amides is 1. The highest BCUT2D eigenvalue weighted by molar-refractivity contribution is 5.87. The lowest BCUT2D eigenvalue weighted by Crippen LogP contribution is -2.53. The molecular formula is C17H22F3N5O. The molecule has 0 aromatic carbocycles. The van der Waals surface area contributed by atoms with Gasteiger partial charge in [-0.15, -0.1) is 0 Å². The van der Waals surface area contributed by atoms with Crippen molar-refractivity contribution in [3.63, 3.8) is 0 Å². The van der Waals surface area contributed by atoms with Gasteiger partial charge >= 0.3 is 6.18 Å². The second kappa shape index (κ2) is 5.80. The predicted molar refractivity (Wildman–Crippen MR) is 88.2 cm³/mol. The van der Waals surface area contributed by atoms with E-state index in [0.29, 0.717) is 26.1 Å². The van der Waals surface area contributed by atoms with E-state index < -0.39 is 17.3 Å². The lowest BCUT2D eigenvalue weighted by Gasteiger charge is -2.39. The van der Waals surface area contributed by atoms with Gasteiger partial charge in [-0.3, -0.25) is 4.79 Å². The molecule has 2 unspecified atom stereocenters. The average molecular weight is 369 g/mol. The third-order valence-electron chi connectivity index (χ3n) is 6.41. The number of fused-ring (bicyclic) bond motifs is 1. The maximum absolute atomic E-state index is 13.0. The van der Waals surface area contributed by atoms with Crippen LogP contribution in [0.25, 0.3) is 0 Å². The first-order chi connectivity index (χ1) is 12.2. The number of hydrogen-bond donors (Lipinski definition) is 1. The van der Waals surface area contributed by atoms with Gasteiger partial charge in [-0.1, -0.05) is 6.92 Å². The Labute approximate surface area is 149 Å². The summed E-state index contributed by atoms with van der Waals surface area (Å²) in [7, 11) is 0. The van der Waals surface area contributed by atoms with Gasteiger partial charge in [-0.05, 0) is 25.2 Å². The van der Waals surface area contributed by atoms with Crippen LogP contribution >= 0.6 is 0 Å². The molecular weight excluding hydrogens is 347 g/mol. The van der Waals surface area contributed by atoms with Crippen molar-refractivity contribution in [2.24, 2.45) is 17.1 Å². The molecule has 2 N–H and O–H groups in total. The maximum atomic E-state index is 13.0. The van der Waals surface area contributed by atoms with Gasteiger partial charge in [0, 0.05) is 31.7 Å². The van der Waals surface area contributed by atoms with E-state index in [-0.39, 0.29) is 29.7 Å². The van der Waals surface area contributed by atoms with Gasteiger partial charge < -0.3 is 15.5 Å². The molecule has 1 aliphatic carbocycles. The molecule has 3 aliphatic rings. The van der Waals surface area contributed by atoms with Gasteiger partial charge in [-0.25, -0.2) is 9.97 Å². The number of hydrogen-bond acceptors (Lipinski definition) is 5. The third kappa shape index (κ3) is 2.55. The fourth-order valence-corrected chi connectivity index (χ4v) is 4.94. The summed E-state index contributed by atoms with van der Waals surface area (Å²) < 4.78 is 38.8. The Bertz CT molecular complexity index is 727. The van der Waals surface area contributed by atoms with Crippen LogP contribution in [0.3, 0.4) is 0 Å². The number of nitrogens with two attached hydrogens (primary N) is 1. The van der Waals surface area contributed by atoms with Crippen LogP contribution in [0.4, 0.5) is 19.0 Å². The zero-order chi connectivity index (χ0) is 18.7. The van der Waals surface area contributed by atoms with Crippen molar-refractivity contribution in [1.82, 2.24) is 14.9 Å². The molecule has 142 valence electrons. The van der Waals surface area contributed by atoms with Crippen LogP contribution < -0.4 is 10.6 Å². The minimum absolute atomic E-state index is 0.0224. The summed E-state index contributed by atoms with van der Waals surface area (Å²) in [6.45, 7) is 3.52. The summed E-state index contributed by atoms with van der Waals surface area (Å²) in [5, 5.41) is 0. The SMILES string of the molecule is CC1C2CN(c3cc(C(F)(F)F)ncn3)CCN2C(=O)[C@]12CC[C@@H](N)C2. The Morgan fingerprint density at radius 3 is 2.73 bits per heavy atom. The molecule has 1 amide bonds. The van der Waals surface area contributed by atoms with Crippen molar-refractivity contribution in [2.75, 3.05) is 24.5 Å². The molecule has 1 saturated carbocycles. The predicted octanol–water partition coefficient (Wildman–Crippen LogP) is 1.66. The van der Waals surface area contributed by atoms with E-state index in [4.69, 9.17) is 5.73 Å². The van der Waals surface area contributed by atoms with E-state index >= 15 is 0 Å². The molecule has 6 nitrogen and oxygen atoms in total. The van der Waals surface area contributed by atoms with Crippen LogP contribution in [0.5, 0.6) is 0 Å². The summed E-state index contributed by atoms with van der Waals surface area (Å²) in [5.74, 6) is 0.548. The number of halogens is 3. The second-order valence-electron chi connectivity index (χ2n) is 7.72. The van der Waals surface area contributed by atoms with E-state index in [9.17, 15) is 18.0 Å². The minimum Gasteiger partial charge on any atom is -0.353 e.